The summed E-state index contributed by atoms with van der Waals surface area (Å²) in [6.45, 7) is 1.60. The Labute approximate surface area is 53.1 Å². The van der Waals surface area contributed by atoms with Gasteiger partial charge in [-0.25, -0.2) is 0 Å². The first-order chi connectivity index (χ1) is 3.27. The first-order valence-corrected chi connectivity index (χ1v) is 3.29. The molecule has 0 bridgehead atoms. The van der Waals surface area contributed by atoms with Gasteiger partial charge in [-0.15, -0.1) is 23.3 Å². The number of hydrogen-bond acceptors (Lipinski definition) is 3. The van der Waals surface area contributed by atoms with E-state index in [9.17, 15) is 4.79 Å². The van der Waals surface area contributed by atoms with Crippen molar-refractivity contribution in [3.8, 4) is 0 Å². The second-order valence-corrected chi connectivity index (χ2v) is 0.747. The molecule has 0 unspecified atom stereocenters. The molecule has 0 rings (SSSR count). The Morgan fingerprint density at radius 1 is 1.71 bits per heavy atom. The minimum atomic E-state index is -0.745. The average Bonchev–Trinajstić information content (AvgIpc) is 1.73. The summed E-state index contributed by atoms with van der Waals surface area (Å²) >= 11 is 6.44. The van der Waals surface area contributed by atoms with Crippen molar-refractivity contribution in [1.29, 1.82) is 0 Å². The number of hydrogen-bond donors (Lipinski definition) is 3. The van der Waals surface area contributed by atoms with Crippen molar-refractivity contribution in [1.82, 2.24) is 0 Å². The molecule has 0 aromatic carbocycles. The van der Waals surface area contributed by atoms with Crippen molar-refractivity contribution in [3.63, 3.8) is 0 Å². The van der Waals surface area contributed by atoms with Crippen LogP contribution in [0.4, 0.5) is 0 Å². The zero-order chi connectivity index (χ0) is 6.28. The number of thiol groups is 2. The first-order valence-electron chi connectivity index (χ1n) is 1.69. The molecule has 0 aromatic heterocycles. The van der Waals surface area contributed by atoms with Gasteiger partial charge in [0.15, 0.2) is 0 Å². The summed E-state index contributed by atoms with van der Waals surface area (Å²) in [6.07, 6.45) is 0.222. The maximum atomic E-state index is 9.37. The average molecular weight is 140 g/mol. The number of carbonyl (C=O) groups is 1. The van der Waals surface area contributed by atoms with E-state index in [1.54, 1.807) is 6.92 Å². The van der Waals surface area contributed by atoms with Gasteiger partial charge in [-0.1, -0.05) is 6.92 Å². The van der Waals surface area contributed by atoms with Crippen molar-refractivity contribution in [2.45, 2.75) is 13.3 Å². The van der Waals surface area contributed by atoms with Crippen molar-refractivity contribution in [3.05, 3.63) is 0 Å². The second kappa shape index (κ2) is 9.48. The van der Waals surface area contributed by atoms with E-state index in [-0.39, 0.29) is 6.42 Å². The van der Waals surface area contributed by atoms with Gasteiger partial charge in [-0.3, -0.25) is 4.79 Å². The molecule has 0 aliphatic carbocycles. The fraction of sp³-hybridized carbons (Fsp3) is 0.667. The lowest BCUT2D eigenvalue weighted by Gasteiger charge is -1.71. The van der Waals surface area contributed by atoms with Gasteiger partial charge < -0.3 is 5.11 Å². The standard InChI is InChI=1S/C3H6O2.H2S2/c1-2-3(4)5;1-2/h2H2,1H3,(H,4,5);1-2H. The summed E-state index contributed by atoms with van der Waals surface area (Å²) < 4.78 is 0. The van der Waals surface area contributed by atoms with Crippen LogP contribution in [-0.4, -0.2) is 11.1 Å². The lowest BCUT2D eigenvalue weighted by atomic mass is 10.5. The summed E-state index contributed by atoms with van der Waals surface area (Å²) in [6, 6.07) is 0. The van der Waals surface area contributed by atoms with Crippen LogP contribution in [0.3, 0.4) is 0 Å². The SMILES string of the molecule is CCC(=O)O.SS. The first kappa shape index (κ1) is 10.2. The van der Waals surface area contributed by atoms with E-state index < -0.39 is 5.97 Å². The van der Waals surface area contributed by atoms with Crippen LogP contribution >= 0.6 is 23.3 Å². The molecule has 0 amide bonds. The fourth-order valence-corrected chi connectivity index (χ4v) is 0. The Morgan fingerprint density at radius 3 is 1.86 bits per heavy atom. The molecule has 0 aromatic rings. The normalized spacial score (nSPS) is 6.14. The van der Waals surface area contributed by atoms with Gasteiger partial charge in [-0.05, 0) is 0 Å². The summed E-state index contributed by atoms with van der Waals surface area (Å²) in [5.74, 6) is -0.745. The highest BCUT2D eigenvalue weighted by atomic mass is 33.1. The molecule has 0 atom stereocenters. The van der Waals surface area contributed by atoms with Crippen LogP contribution < -0.4 is 0 Å². The highest BCUT2D eigenvalue weighted by molar-refractivity contribution is 8.59. The lowest BCUT2D eigenvalue weighted by Crippen LogP contribution is -1.86. The van der Waals surface area contributed by atoms with E-state index in [0.717, 1.165) is 0 Å². The third kappa shape index (κ3) is 22.8. The molecule has 1 N–H and O–H groups in total. The van der Waals surface area contributed by atoms with Crippen LogP contribution in [0.2, 0.25) is 0 Å². The highest BCUT2D eigenvalue weighted by Crippen LogP contribution is 1.67. The summed E-state index contributed by atoms with van der Waals surface area (Å²) in [5.41, 5.74) is 0. The van der Waals surface area contributed by atoms with E-state index in [0.29, 0.717) is 0 Å². The van der Waals surface area contributed by atoms with Gasteiger partial charge in [0.1, 0.15) is 0 Å². The van der Waals surface area contributed by atoms with Crippen LogP contribution in [0, 0.1) is 0 Å². The quantitative estimate of drug-likeness (QED) is 0.378. The van der Waals surface area contributed by atoms with Crippen LogP contribution in [0.15, 0.2) is 0 Å². The molecule has 0 radical (unpaired) electrons. The van der Waals surface area contributed by atoms with Gasteiger partial charge in [0.2, 0.25) is 0 Å². The summed E-state index contributed by atoms with van der Waals surface area (Å²) in [4.78, 5) is 9.37. The Balaban J connectivity index is 0. The van der Waals surface area contributed by atoms with E-state index in [2.05, 4.69) is 23.3 Å². The number of aliphatic carboxylic acids is 1. The molecular formula is C3H8O2S2. The molecule has 4 heteroatoms. The zero-order valence-corrected chi connectivity index (χ0v) is 5.75. The summed E-state index contributed by atoms with van der Waals surface area (Å²) in [5, 5.41) is 7.72. The largest absolute Gasteiger partial charge is 0.481 e. The Hall–Kier alpha value is 0.170. The summed E-state index contributed by atoms with van der Waals surface area (Å²) in [7, 11) is 0. The van der Waals surface area contributed by atoms with E-state index in [4.69, 9.17) is 5.11 Å². The molecule has 0 heterocycles. The van der Waals surface area contributed by atoms with E-state index >= 15 is 0 Å². The van der Waals surface area contributed by atoms with Crippen LogP contribution in [0.1, 0.15) is 13.3 Å². The highest BCUT2D eigenvalue weighted by Gasteiger charge is 1.80. The van der Waals surface area contributed by atoms with Crippen LogP contribution in [-0.2, 0) is 4.79 Å². The minimum absolute atomic E-state index is 0.222. The minimum Gasteiger partial charge on any atom is -0.481 e. The molecule has 0 saturated carbocycles. The molecule has 2 nitrogen and oxygen atoms in total. The van der Waals surface area contributed by atoms with Gasteiger partial charge in [-0.2, -0.15) is 0 Å². The lowest BCUT2D eigenvalue weighted by molar-refractivity contribution is -0.136. The molecular weight excluding hydrogens is 132 g/mol. The van der Waals surface area contributed by atoms with E-state index in [1.807, 2.05) is 0 Å². The van der Waals surface area contributed by atoms with Crippen molar-refractivity contribution >= 4 is 29.3 Å². The van der Waals surface area contributed by atoms with Crippen LogP contribution in [0.25, 0.3) is 0 Å². The maximum absolute atomic E-state index is 9.37. The molecule has 0 aliphatic rings. The predicted octanol–water partition coefficient (Wildman–Crippen LogP) is 1.24. The smallest absolute Gasteiger partial charge is 0.303 e. The molecule has 0 saturated heterocycles. The van der Waals surface area contributed by atoms with Gasteiger partial charge in [0.05, 0.1) is 0 Å². The van der Waals surface area contributed by atoms with Gasteiger partial charge in [0, 0.05) is 6.42 Å². The Bertz CT molecular complexity index is 46.2. The third-order valence-corrected chi connectivity index (χ3v) is 0.302. The van der Waals surface area contributed by atoms with Crippen molar-refractivity contribution < 1.29 is 9.90 Å². The fourth-order valence-electron chi connectivity index (χ4n) is 0. The van der Waals surface area contributed by atoms with Gasteiger partial charge in [0.25, 0.3) is 0 Å². The van der Waals surface area contributed by atoms with Crippen LogP contribution in [0.5, 0.6) is 0 Å². The Morgan fingerprint density at radius 2 is 1.86 bits per heavy atom. The van der Waals surface area contributed by atoms with E-state index in [1.165, 1.54) is 0 Å². The molecule has 0 spiro atoms. The zero-order valence-electron chi connectivity index (χ0n) is 3.96. The third-order valence-electron chi connectivity index (χ3n) is 0.302. The number of carboxylic acid groups (broad SMARTS) is 1. The molecule has 0 fully saturated rings. The topological polar surface area (TPSA) is 37.3 Å². The Kier molecular flexibility index (Phi) is 13.8. The van der Waals surface area contributed by atoms with Gasteiger partial charge >= 0.3 is 5.97 Å². The number of rotatable bonds is 1. The molecule has 44 valence electrons. The van der Waals surface area contributed by atoms with Crippen molar-refractivity contribution in [2.24, 2.45) is 0 Å². The number of carboxylic acids is 1. The van der Waals surface area contributed by atoms with Crippen molar-refractivity contribution in [2.75, 3.05) is 0 Å². The maximum Gasteiger partial charge on any atom is 0.303 e. The monoisotopic (exact) mass is 140 g/mol. The second-order valence-electron chi connectivity index (χ2n) is 0.747. The molecule has 0 aliphatic heterocycles. The molecule has 7 heavy (non-hydrogen) atoms. The predicted molar refractivity (Wildman–Crippen MR) is 35.9 cm³/mol.